The molecule has 0 saturated carbocycles. The minimum Gasteiger partial charge on any atom is -0.481 e. The molecule has 1 aromatic carbocycles. The van der Waals surface area contributed by atoms with Gasteiger partial charge in [0.2, 0.25) is 5.91 Å². The monoisotopic (exact) mass is 337 g/mol. The van der Waals surface area contributed by atoms with E-state index in [1.165, 1.54) is 0 Å². The maximum atomic E-state index is 12.3. The summed E-state index contributed by atoms with van der Waals surface area (Å²) in [7, 11) is 0. The summed E-state index contributed by atoms with van der Waals surface area (Å²) in [5.41, 5.74) is 0.625. The fourth-order valence-electron chi connectivity index (χ4n) is 2.71. The molecule has 1 amide bonds. The molecule has 0 unspecified atom stereocenters. The lowest BCUT2D eigenvalue weighted by Crippen LogP contribution is -2.39. The molecule has 1 saturated heterocycles. The Bertz CT molecular complexity index is 601. The molecule has 5 nitrogen and oxygen atoms in total. The van der Waals surface area contributed by atoms with Crippen LogP contribution < -0.4 is 5.32 Å². The van der Waals surface area contributed by atoms with Crippen LogP contribution in [0, 0.1) is 11.8 Å². The number of amides is 1. The van der Waals surface area contributed by atoms with Crippen LogP contribution in [0.2, 0.25) is 0 Å². The van der Waals surface area contributed by atoms with Crippen molar-refractivity contribution in [3.05, 3.63) is 40.9 Å². The number of ether oxygens (including phenoxy) is 1. The van der Waals surface area contributed by atoms with E-state index in [4.69, 9.17) is 4.74 Å². The summed E-state index contributed by atoms with van der Waals surface area (Å²) in [5, 5.41) is 12.0. The van der Waals surface area contributed by atoms with Crippen molar-refractivity contribution in [2.75, 3.05) is 5.32 Å². The molecule has 1 aromatic rings. The first kappa shape index (κ1) is 13.3. The Hall–Kier alpha value is -1.66. The number of fused-ring (bicyclic) bond motifs is 2. The van der Waals surface area contributed by atoms with Crippen molar-refractivity contribution in [2.45, 2.75) is 12.2 Å². The smallest absolute Gasteiger partial charge is 0.310 e. The van der Waals surface area contributed by atoms with Gasteiger partial charge in [-0.2, -0.15) is 0 Å². The molecule has 4 atom stereocenters. The summed E-state index contributed by atoms with van der Waals surface area (Å²) in [4.78, 5) is 23.6. The lowest BCUT2D eigenvalue weighted by Gasteiger charge is -2.21. The predicted molar refractivity (Wildman–Crippen MR) is 75.2 cm³/mol. The summed E-state index contributed by atoms with van der Waals surface area (Å²) in [6, 6.07) is 7.16. The number of anilines is 1. The van der Waals surface area contributed by atoms with Crippen molar-refractivity contribution in [3.8, 4) is 0 Å². The van der Waals surface area contributed by atoms with Crippen LogP contribution >= 0.6 is 15.9 Å². The van der Waals surface area contributed by atoms with Gasteiger partial charge in [0, 0.05) is 10.2 Å². The lowest BCUT2D eigenvalue weighted by atomic mass is 9.82. The normalized spacial score (nSPS) is 30.4. The minimum atomic E-state index is -1.00. The number of hydrogen-bond donors (Lipinski definition) is 2. The number of carbonyl (C=O) groups excluding carboxylic acids is 1. The molecular formula is C14H12BrNO4. The minimum absolute atomic E-state index is 0.327. The van der Waals surface area contributed by atoms with Gasteiger partial charge in [-0.25, -0.2) is 0 Å². The third-order valence-corrected chi connectivity index (χ3v) is 4.07. The Balaban J connectivity index is 1.80. The molecule has 2 aliphatic rings. The van der Waals surface area contributed by atoms with E-state index in [-0.39, 0.29) is 5.91 Å². The number of hydrogen-bond acceptors (Lipinski definition) is 3. The van der Waals surface area contributed by atoms with Crippen molar-refractivity contribution < 1.29 is 19.4 Å². The van der Waals surface area contributed by atoms with Crippen molar-refractivity contribution in [3.63, 3.8) is 0 Å². The highest BCUT2D eigenvalue weighted by Crippen LogP contribution is 2.39. The molecule has 1 fully saturated rings. The first-order valence-corrected chi connectivity index (χ1v) is 6.98. The number of nitrogens with one attached hydrogen (secondary N) is 1. The molecule has 20 heavy (non-hydrogen) atoms. The van der Waals surface area contributed by atoms with Crippen molar-refractivity contribution in [1.29, 1.82) is 0 Å². The van der Waals surface area contributed by atoms with Gasteiger partial charge in [0.1, 0.15) is 5.92 Å². The van der Waals surface area contributed by atoms with Gasteiger partial charge in [0.15, 0.2) is 0 Å². The Labute approximate surface area is 123 Å². The van der Waals surface area contributed by atoms with Crippen LogP contribution in [-0.2, 0) is 14.3 Å². The predicted octanol–water partition coefficient (Wildman–Crippen LogP) is 2.04. The Kier molecular flexibility index (Phi) is 3.35. The maximum absolute atomic E-state index is 12.3. The van der Waals surface area contributed by atoms with Gasteiger partial charge in [0.05, 0.1) is 18.1 Å². The van der Waals surface area contributed by atoms with E-state index in [9.17, 15) is 14.7 Å². The second-order valence-corrected chi connectivity index (χ2v) is 5.76. The third kappa shape index (κ3) is 2.25. The van der Waals surface area contributed by atoms with Crippen LogP contribution in [0.5, 0.6) is 0 Å². The molecule has 0 aliphatic carbocycles. The highest BCUT2D eigenvalue weighted by molar-refractivity contribution is 9.10. The zero-order chi connectivity index (χ0) is 14.3. The number of carboxylic acids is 1. The highest BCUT2D eigenvalue weighted by atomic mass is 79.9. The average Bonchev–Trinajstić information content (AvgIpc) is 2.98. The number of halogens is 1. The molecule has 0 radical (unpaired) electrons. The number of carbonyl (C=O) groups is 2. The van der Waals surface area contributed by atoms with Crippen LogP contribution in [0.3, 0.4) is 0 Å². The van der Waals surface area contributed by atoms with E-state index in [1.807, 2.05) is 6.07 Å². The van der Waals surface area contributed by atoms with Crippen LogP contribution in [0.4, 0.5) is 5.69 Å². The number of rotatable bonds is 3. The molecule has 2 N–H and O–H groups in total. The molecule has 104 valence electrons. The Morgan fingerprint density at radius 2 is 1.90 bits per heavy atom. The molecule has 0 spiro atoms. The largest absolute Gasteiger partial charge is 0.481 e. The SMILES string of the molecule is O=C(Nc1cccc(Br)c1)[C@@H]1[C@H](C(=O)O)[C@H]2C=C[C@H]1O2. The van der Waals surface area contributed by atoms with E-state index in [0.29, 0.717) is 5.69 Å². The highest BCUT2D eigenvalue weighted by Gasteiger charge is 2.53. The van der Waals surface area contributed by atoms with Gasteiger partial charge < -0.3 is 15.2 Å². The van der Waals surface area contributed by atoms with Crippen molar-refractivity contribution >= 4 is 33.5 Å². The molecule has 6 heteroatoms. The van der Waals surface area contributed by atoms with Gasteiger partial charge >= 0.3 is 5.97 Å². The van der Waals surface area contributed by atoms with Gasteiger partial charge in [-0.15, -0.1) is 0 Å². The quantitative estimate of drug-likeness (QED) is 0.827. The van der Waals surface area contributed by atoms with Crippen molar-refractivity contribution in [1.82, 2.24) is 0 Å². The third-order valence-electron chi connectivity index (χ3n) is 3.58. The second-order valence-electron chi connectivity index (χ2n) is 4.84. The standard InChI is InChI=1S/C14H12BrNO4/c15-7-2-1-3-8(6-7)16-13(17)11-9-4-5-10(20-9)12(11)14(18)19/h1-6,9-12H,(H,16,17)(H,18,19)/t9-,10-,11+,12-/m1/s1. The lowest BCUT2D eigenvalue weighted by molar-refractivity contribution is -0.145. The number of aliphatic carboxylic acids is 1. The van der Waals surface area contributed by atoms with Crippen molar-refractivity contribution in [2.24, 2.45) is 11.8 Å². The first-order chi connectivity index (χ1) is 9.56. The van der Waals surface area contributed by atoms with Crippen LogP contribution in [0.25, 0.3) is 0 Å². The fraction of sp³-hybridized carbons (Fsp3) is 0.286. The molecule has 2 heterocycles. The number of benzene rings is 1. The van der Waals surface area contributed by atoms with Gasteiger partial charge in [-0.05, 0) is 18.2 Å². The molecule has 0 aromatic heterocycles. The van der Waals surface area contributed by atoms with E-state index in [0.717, 1.165) is 4.47 Å². The van der Waals surface area contributed by atoms with Crippen LogP contribution in [-0.4, -0.2) is 29.2 Å². The fourth-order valence-corrected chi connectivity index (χ4v) is 3.11. The van der Waals surface area contributed by atoms with E-state index < -0.39 is 30.0 Å². The van der Waals surface area contributed by atoms with E-state index in [2.05, 4.69) is 21.2 Å². The van der Waals surface area contributed by atoms with Crippen LogP contribution in [0.15, 0.2) is 40.9 Å². The van der Waals surface area contributed by atoms with Gasteiger partial charge in [-0.1, -0.05) is 34.1 Å². The van der Waals surface area contributed by atoms with Gasteiger partial charge in [-0.3, -0.25) is 9.59 Å². The number of carboxylic acid groups (broad SMARTS) is 1. The molecule has 2 aliphatic heterocycles. The average molecular weight is 338 g/mol. The topological polar surface area (TPSA) is 75.6 Å². The zero-order valence-electron chi connectivity index (χ0n) is 10.3. The summed E-state index contributed by atoms with van der Waals surface area (Å²) >= 11 is 3.32. The first-order valence-electron chi connectivity index (χ1n) is 6.19. The summed E-state index contributed by atoms with van der Waals surface area (Å²) < 4.78 is 6.32. The molecular weight excluding hydrogens is 326 g/mol. The molecule has 3 rings (SSSR count). The van der Waals surface area contributed by atoms with Crippen LogP contribution in [0.1, 0.15) is 0 Å². The zero-order valence-corrected chi connectivity index (χ0v) is 11.9. The van der Waals surface area contributed by atoms with E-state index >= 15 is 0 Å². The summed E-state index contributed by atoms with van der Waals surface area (Å²) in [6.07, 6.45) is 2.52. The van der Waals surface area contributed by atoms with Gasteiger partial charge in [0.25, 0.3) is 0 Å². The maximum Gasteiger partial charge on any atom is 0.310 e. The molecule has 2 bridgehead atoms. The van der Waals surface area contributed by atoms with E-state index in [1.54, 1.807) is 30.4 Å². The second kappa shape index (κ2) is 5.03. The summed E-state index contributed by atoms with van der Waals surface area (Å²) in [5.74, 6) is -2.85. The Morgan fingerprint density at radius 1 is 1.20 bits per heavy atom. The summed E-state index contributed by atoms with van der Waals surface area (Å²) in [6.45, 7) is 0. The Morgan fingerprint density at radius 3 is 2.55 bits per heavy atom.